The first-order valence-electron chi connectivity index (χ1n) is 9.56. The lowest BCUT2D eigenvalue weighted by Crippen LogP contribution is -2.46. The normalized spacial score (nSPS) is 15.9. The van der Waals surface area contributed by atoms with Gasteiger partial charge in [-0.3, -0.25) is 9.88 Å². The highest BCUT2D eigenvalue weighted by Crippen LogP contribution is 2.10. The highest BCUT2D eigenvalue weighted by atomic mass is 15.5. The third-order valence-electron chi connectivity index (χ3n) is 4.99. The van der Waals surface area contributed by atoms with Crippen molar-refractivity contribution in [2.24, 2.45) is 0 Å². The summed E-state index contributed by atoms with van der Waals surface area (Å²) < 4.78 is 1.84. The van der Waals surface area contributed by atoms with E-state index in [2.05, 4.69) is 42.4 Å². The van der Waals surface area contributed by atoms with E-state index in [4.69, 9.17) is 0 Å². The van der Waals surface area contributed by atoms with E-state index in [9.17, 15) is 0 Å². The number of piperazine rings is 1. The van der Waals surface area contributed by atoms with Crippen LogP contribution in [0.5, 0.6) is 0 Å². The largest absolute Gasteiger partial charge is 0.301 e. The van der Waals surface area contributed by atoms with E-state index in [-0.39, 0.29) is 0 Å². The van der Waals surface area contributed by atoms with Gasteiger partial charge in [0.2, 0.25) is 0 Å². The smallest absolute Gasteiger partial charge is 0.156 e. The van der Waals surface area contributed by atoms with Crippen LogP contribution in [-0.4, -0.2) is 67.7 Å². The number of aryl methyl sites for hydroxylation is 1. The topological polar surface area (TPSA) is 63.0 Å². The van der Waals surface area contributed by atoms with Crippen molar-refractivity contribution in [1.82, 2.24) is 35.0 Å². The van der Waals surface area contributed by atoms with E-state index in [1.165, 1.54) is 0 Å². The van der Waals surface area contributed by atoms with Crippen molar-refractivity contribution >= 4 is 0 Å². The van der Waals surface area contributed by atoms with Gasteiger partial charge in [0.25, 0.3) is 0 Å². The molecule has 7 nitrogen and oxygen atoms in total. The first-order valence-corrected chi connectivity index (χ1v) is 9.56. The maximum atomic E-state index is 4.43. The Hall–Kier alpha value is -2.64. The van der Waals surface area contributed by atoms with E-state index in [1.54, 1.807) is 0 Å². The summed E-state index contributed by atoms with van der Waals surface area (Å²) in [6.07, 6.45) is 3.82. The second-order valence-electron chi connectivity index (χ2n) is 6.88. The molecule has 0 spiro atoms. The number of hydrogen-bond acceptors (Lipinski definition) is 6. The van der Waals surface area contributed by atoms with Crippen molar-refractivity contribution in [3.05, 3.63) is 66.2 Å². The van der Waals surface area contributed by atoms with Crippen molar-refractivity contribution in [2.75, 3.05) is 32.7 Å². The summed E-state index contributed by atoms with van der Waals surface area (Å²) in [7, 11) is 0. The molecule has 3 aromatic rings. The van der Waals surface area contributed by atoms with Crippen LogP contribution < -0.4 is 0 Å². The Kier molecular flexibility index (Phi) is 5.81. The van der Waals surface area contributed by atoms with Crippen LogP contribution in [0.1, 0.15) is 17.9 Å². The Bertz CT molecular complexity index is 811. The zero-order valence-electron chi connectivity index (χ0n) is 15.5. The maximum Gasteiger partial charge on any atom is 0.156 e. The minimum Gasteiger partial charge on any atom is -0.301 e. The second kappa shape index (κ2) is 8.83. The molecule has 0 bridgehead atoms. The first kappa shape index (κ1) is 17.8. The Morgan fingerprint density at radius 1 is 0.852 bits per heavy atom. The van der Waals surface area contributed by atoms with Gasteiger partial charge in [0.15, 0.2) is 5.82 Å². The van der Waals surface area contributed by atoms with Crippen molar-refractivity contribution in [3.63, 3.8) is 0 Å². The summed E-state index contributed by atoms with van der Waals surface area (Å²) in [5, 5.41) is 12.2. The average Bonchev–Trinajstić information content (AvgIpc) is 3.19. The molecule has 7 heteroatoms. The minimum atomic E-state index is 0.885. The molecular weight excluding hydrogens is 338 g/mol. The number of hydrogen-bond donors (Lipinski definition) is 0. The highest BCUT2D eigenvalue weighted by Gasteiger charge is 2.17. The molecular formula is C20H25N7. The highest BCUT2D eigenvalue weighted by molar-refractivity contribution is 5.30. The van der Waals surface area contributed by atoms with Crippen LogP contribution in [0, 0.1) is 0 Å². The lowest BCUT2D eigenvalue weighted by molar-refractivity contribution is 0.125. The fraction of sp³-hybridized carbons (Fsp3) is 0.400. The molecule has 1 aliphatic rings. The summed E-state index contributed by atoms with van der Waals surface area (Å²) in [5.41, 5.74) is 2.17. The number of nitrogens with zero attached hydrogens (tertiary/aromatic N) is 7. The summed E-state index contributed by atoms with van der Waals surface area (Å²) in [6, 6.07) is 16.2. The fourth-order valence-electron chi connectivity index (χ4n) is 3.48. The third kappa shape index (κ3) is 4.75. The predicted octanol–water partition coefficient (Wildman–Crippen LogP) is 1.81. The first-order chi connectivity index (χ1) is 13.4. The van der Waals surface area contributed by atoms with Gasteiger partial charge in [0.1, 0.15) is 0 Å². The Labute approximate surface area is 159 Å². The summed E-state index contributed by atoms with van der Waals surface area (Å²) >= 11 is 0. The van der Waals surface area contributed by atoms with Gasteiger partial charge in [-0.1, -0.05) is 24.3 Å². The molecule has 1 aliphatic heterocycles. The van der Waals surface area contributed by atoms with E-state index in [1.807, 2.05) is 47.3 Å². The zero-order valence-corrected chi connectivity index (χ0v) is 15.5. The Balaban J connectivity index is 1.22. The number of para-hydroxylation sites is 1. The van der Waals surface area contributed by atoms with Crippen molar-refractivity contribution < 1.29 is 0 Å². The van der Waals surface area contributed by atoms with Crippen LogP contribution in [0.15, 0.2) is 54.7 Å². The summed E-state index contributed by atoms with van der Waals surface area (Å²) in [5.74, 6) is 0.926. The molecule has 0 atom stereocenters. The van der Waals surface area contributed by atoms with Crippen molar-refractivity contribution in [2.45, 2.75) is 19.4 Å². The van der Waals surface area contributed by atoms with Gasteiger partial charge < -0.3 is 4.90 Å². The minimum absolute atomic E-state index is 0.885. The van der Waals surface area contributed by atoms with Gasteiger partial charge in [0, 0.05) is 45.3 Å². The van der Waals surface area contributed by atoms with Crippen LogP contribution in [0.4, 0.5) is 0 Å². The molecule has 0 aliphatic carbocycles. The predicted molar refractivity (Wildman–Crippen MR) is 103 cm³/mol. The molecule has 1 fully saturated rings. The molecule has 140 valence electrons. The molecule has 0 N–H and O–H groups in total. The molecule has 2 aromatic heterocycles. The zero-order chi connectivity index (χ0) is 18.3. The van der Waals surface area contributed by atoms with Gasteiger partial charge in [-0.2, -0.15) is 4.68 Å². The van der Waals surface area contributed by atoms with Gasteiger partial charge in [-0.25, -0.2) is 0 Å². The van der Waals surface area contributed by atoms with Crippen LogP contribution in [0.2, 0.25) is 0 Å². The molecule has 0 unspecified atom stereocenters. The number of rotatable bonds is 7. The molecule has 0 amide bonds. The van der Waals surface area contributed by atoms with E-state index in [0.717, 1.165) is 69.3 Å². The number of tetrazole rings is 1. The van der Waals surface area contributed by atoms with E-state index < -0.39 is 0 Å². The molecule has 1 aromatic carbocycles. The van der Waals surface area contributed by atoms with Crippen LogP contribution >= 0.6 is 0 Å². The van der Waals surface area contributed by atoms with Gasteiger partial charge in [-0.15, -0.1) is 5.10 Å². The fourth-order valence-corrected chi connectivity index (χ4v) is 3.48. The van der Waals surface area contributed by atoms with Crippen molar-refractivity contribution in [1.29, 1.82) is 0 Å². The number of benzene rings is 1. The van der Waals surface area contributed by atoms with Crippen LogP contribution in [0.25, 0.3) is 5.69 Å². The SMILES string of the molecule is c1ccc(-n2nnnc2CCCN2CCN(Cc3ccccn3)CC2)cc1. The lowest BCUT2D eigenvalue weighted by atomic mass is 10.2. The maximum absolute atomic E-state index is 4.43. The Morgan fingerprint density at radius 2 is 1.63 bits per heavy atom. The van der Waals surface area contributed by atoms with E-state index in [0.29, 0.717) is 0 Å². The third-order valence-corrected chi connectivity index (χ3v) is 4.99. The summed E-state index contributed by atoms with van der Waals surface area (Å²) in [6.45, 7) is 6.43. The molecule has 1 saturated heterocycles. The van der Waals surface area contributed by atoms with Gasteiger partial charge >= 0.3 is 0 Å². The molecule has 4 rings (SSSR count). The molecule has 0 radical (unpaired) electrons. The monoisotopic (exact) mass is 363 g/mol. The van der Waals surface area contributed by atoms with Crippen molar-refractivity contribution in [3.8, 4) is 5.69 Å². The molecule has 0 saturated carbocycles. The van der Waals surface area contributed by atoms with E-state index >= 15 is 0 Å². The van der Waals surface area contributed by atoms with Gasteiger partial charge in [0.05, 0.1) is 11.4 Å². The number of pyridine rings is 1. The Morgan fingerprint density at radius 3 is 2.41 bits per heavy atom. The quantitative estimate of drug-likeness (QED) is 0.638. The molecule has 27 heavy (non-hydrogen) atoms. The lowest BCUT2D eigenvalue weighted by Gasteiger charge is -2.34. The standard InChI is InChI=1S/C20H25N7/c1-2-8-19(9-3-1)27-20(22-23-24-27)10-6-12-25-13-15-26(16-14-25)17-18-7-4-5-11-21-18/h1-5,7-9,11H,6,10,12-17H2. The molecule has 3 heterocycles. The van der Waals surface area contributed by atoms with Gasteiger partial charge in [-0.05, 0) is 47.7 Å². The van der Waals surface area contributed by atoms with Crippen LogP contribution in [-0.2, 0) is 13.0 Å². The number of aromatic nitrogens is 5. The average molecular weight is 363 g/mol. The second-order valence-corrected chi connectivity index (χ2v) is 6.88. The van der Waals surface area contributed by atoms with Crippen LogP contribution in [0.3, 0.4) is 0 Å². The summed E-state index contributed by atoms with van der Waals surface area (Å²) in [4.78, 5) is 9.44.